The summed E-state index contributed by atoms with van der Waals surface area (Å²) in [5.41, 5.74) is 0. The summed E-state index contributed by atoms with van der Waals surface area (Å²) in [4.78, 5) is 13.7. The molecule has 1 saturated heterocycles. The van der Waals surface area contributed by atoms with Crippen LogP contribution >= 0.6 is 0 Å². The minimum absolute atomic E-state index is 0.375. The highest BCUT2D eigenvalue weighted by atomic mass is 16.2. The van der Waals surface area contributed by atoms with E-state index in [2.05, 4.69) is 5.32 Å². The molecular weight excluding hydrogens is 164 g/mol. The molecule has 1 amide bonds. The molecule has 13 heavy (non-hydrogen) atoms. The third-order valence-electron chi connectivity index (χ3n) is 3.11. The summed E-state index contributed by atoms with van der Waals surface area (Å²) in [7, 11) is 1.97. The molecular formula is C10H18N2O. The van der Waals surface area contributed by atoms with E-state index in [0.717, 1.165) is 31.8 Å². The van der Waals surface area contributed by atoms with Gasteiger partial charge in [0, 0.05) is 25.6 Å². The predicted octanol–water partition coefficient (Wildman–Crippen LogP) is 0.607. The van der Waals surface area contributed by atoms with Crippen molar-refractivity contribution in [3.05, 3.63) is 0 Å². The lowest BCUT2D eigenvalue weighted by molar-refractivity contribution is -0.130. The molecule has 74 valence electrons. The normalized spacial score (nSPS) is 28.1. The zero-order valence-corrected chi connectivity index (χ0v) is 8.25. The number of rotatable bonds is 3. The summed E-state index contributed by atoms with van der Waals surface area (Å²) in [6, 6.07) is 0.531. The van der Waals surface area contributed by atoms with Crippen LogP contribution in [0, 0.1) is 5.92 Å². The van der Waals surface area contributed by atoms with Gasteiger partial charge in [-0.3, -0.25) is 4.79 Å². The van der Waals surface area contributed by atoms with Gasteiger partial charge >= 0.3 is 0 Å². The van der Waals surface area contributed by atoms with Crippen molar-refractivity contribution in [2.45, 2.75) is 31.7 Å². The van der Waals surface area contributed by atoms with Gasteiger partial charge in [0.2, 0.25) is 5.91 Å². The summed E-state index contributed by atoms with van der Waals surface area (Å²) in [5, 5.41) is 3.22. The summed E-state index contributed by atoms with van der Waals surface area (Å²) in [6.07, 6.45) is 4.47. The lowest BCUT2D eigenvalue weighted by Crippen LogP contribution is -2.33. The van der Waals surface area contributed by atoms with E-state index in [-0.39, 0.29) is 0 Å². The predicted molar refractivity (Wildman–Crippen MR) is 51.4 cm³/mol. The van der Waals surface area contributed by atoms with Crippen LogP contribution in [0.1, 0.15) is 25.7 Å². The molecule has 2 aliphatic rings. The first kappa shape index (κ1) is 9.00. The molecule has 2 fully saturated rings. The van der Waals surface area contributed by atoms with Crippen molar-refractivity contribution in [2.75, 3.05) is 20.1 Å². The fraction of sp³-hybridized carbons (Fsp3) is 0.900. The Bertz CT molecular complexity index is 201. The van der Waals surface area contributed by atoms with Crippen molar-refractivity contribution < 1.29 is 4.79 Å². The second-order valence-electron chi connectivity index (χ2n) is 4.26. The van der Waals surface area contributed by atoms with Gasteiger partial charge in [0.15, 0.2) is 0 Å². The molecule has 1 aliphatic heterocycles. The number of likely N-dealkylation sites (N-methyl/N-ethyl adjacent to an activating group) is 1. The van der Waals surface area contributed by atoms with E-state index in [4.69, 9.17) is 0 Å². The highest BCUT2D eigenvalue weighted by Gasteiger charge is 2.30. The molecule has 1 saturated carbocycles. The highest BCUT2D eigenvalue weighted by molar-refractivity contribution is 5.77. The van der Waals surface area contributed by atoms with Gasteiger partial charge in [-0.25, -0.2) is 0 Å². The van der Waals surface area contributed by atoms with Crippen LogP contribution < -0.4 is 5.32 Å². The first-order valence-corrected chi connectivity index (χ1v) is 5.24. The number of nitrogens with one attached hydrogen (secondary N) is 1. The maximum absolute atomic E-state index is 11.7. The van der Waals surface area contributed by atoms with Crippen LogP contribution in [0.15, 0.2) is 0 Å². The third-order valence-corrected chi connectivity index (χ3v) is 3.11. The van der Waals surface area contributed by atoms with E-state index in [9.17, 15) is 4.79 Å². The second-order valence-corrected chi connectivity index (χ2v) is 4.26. The third kappa shape index (κ3) is 2.21. The van der Waals surface area contributed by atoms with Gasteiger partial charge in [0.1, 0.15) is 0 Å². The van der Waals surface area contributed by atoms with Gasteiger partial charge in [0.05, 0.1) is 0 Å². The smallest absolute Gasteiger partial charge is 0.222 e. The van der Waals surface area contributed by atoms with Crippen LogP contribution in [-0.4, -0.2) is 37.0 Å². The Kier molecular flexibility index (Phi) is 2.54. The molecule has 0 radical (unpaired) electrons. The molecule has 0 aromatic carbocycles. The van der Waals surface area contributed by atoms with Crippen molar-refractivity contribution in [3.63, 3.8) is 0 Å². The molecule has 0 spiro atoms. The molecule has 1 aliphatic carbocycles. The number of carbonyl (C=O) groups excluding carboxylic acids is 1. The number of amides is 1. The quantitative estimate of drug-likeness (QED) is 0.693. The number of nitrogens with zero attached hydrogens (tertiary/aromatic N) is 1. The molecule has 2 rings (SSSR count). The minimum Gasteiger partial charge on any atom is -0.341 e. The standard InChI is InChI=1S/C10H18N2O/c1-11-9-4-5-12(7-9)10(13)6-8-2-3-8/h8-9,11H,2-7H2,1H3. The Morgan fingerprint density at radius 3 is 2.77 bits per heavy atom. The van der Waals surface area contributed by atoms with E-state index < -0.39 is 0 Å². The van der Waals surface area contributed by atoms with E-state index in [0.29, 0.717) is 11.9 Å². The Morgan fingerprint density at radius 2 is 2.23 bits per heavy atom. The molecule has 0 aromatic heterocycles. The van der Waals surface area contributed by atoms with Gasteiger partial charge in [-0.1, -0.05) is 0 Å². The Labute approximate surface area is 79.5 Å². The summed E-state index contributed by atoms with van der Waals surface area (Å²) in [5.74, 6) is 1.10. The Balaban J connectivity index is 1.77. The van der Waals surface area contributed by atoms with E-state index in [1.165, 1.54) is 12.8 Å². The van der Waals surface area contributed by atoms with Crippen LogP contribution in [0.5, 0.6) is 0 Å². The fourth-order valence-electron chi connectivity index (χ4n) is 1.92. The SMILES string of the molecule is CNC1CCN(C(=O)CC2CC2)C1. The molecule has 3 nitrogen and oxygen atoms in total. The molecule has 1 heterocycles. The second kappa shape index (κ2) is 3.66. The van der Waals surface area contributed by atoms with Gasteiger partial charge in [-0.15, -0.1) is 0 Å². The number of hydrogen-bond donors (Lipinski definition) is 1. The van der Waals surface area contributed by atoms with Gasteiger partial charge in [-0.2, -0.15) is 0 Å². The Hall–Kier alpha value is -0.570. The number of likely N-dealkylation sites (tertiary alicyclic amines) is 1. The van der Waals surface area contributed by atoms with Crippen molar-refractivity contribution in [1.29, 1.82) is 0 Å². The minimum atomic E-state index is 0.375. The molecule has 0 aromatic rings. The zero-order valence-electron chi connectivity index (χ0n) is 8.25. The van der Waals surface area contributed by atoms with Crippen molar-refractivity contribution in [2.24, 2.45) is 5.92 Å². The lowest BCUT2D eigenvalue weighted by atomic mass is 10.2. The number of hydrogen-bond acceptors (Lipinski definition) is 2. The average molecular weight is 182 g/mol. The van der Waals surface area contributed by atoms with E-state index in [1.54, 1.807) is 0 Å². The van der Waals surface area contributed by atoms with Gasteiger partial charge in [-0.05, 0) is 32.2 Å². The highest BCUT2D eigenvalue weighted by Crippen LogP contribution is 2.33. The van der Waals surface area contributed by atoms with E-state index >= 15 is 0 Å². The summed E-state index contributed by atoms with van der Waals surface area (Å²) in [6.45, 7) is 1.87. The summed E-state index contributed by atoms with van der Waals surface area (Å²) >= 11 is 0. The van der Waals surface area contributed by atoms with Gasteiger partial charge < -0.3 is 10.2 Å². The molecule has 3 heteroatoms. The van der Waals surface area contributed by atoms with Crippen LogP contribution in [0.3, 0.4) is 0 Å². The zero-order chi connectivity index (χ0) is 9.26. The van der Waals surface area contributed by atoms with Crippen LogP contribution in [0.4, 0.5) is 0 Å². The average Bonchev–Trinajstić information content (AvgIpc) is 2.82. The molecule has 0 bridgehead atoms. The first-order chi connectivity index (χ1) is 6.29. The topological polar surface area (TPSA) is 32.3 Å². The molecule has 1 atom stereocenters. The number of carbonyl (C=O) groups is 1. The Morgan fingerprint density at radius 1 is 1.46 bits per heavy atom. The van der Waals surface area contributed by atoms with Gasteiger partial charge in [0.25, 0.3) is 0 Å². The maximum Gasteiger partial charge on any atom is 0.222 e. The van der Waals surface area contributed by atoms with Crippen molar-refractivity contribution in [1.82, 2.24) is 10.2 Å². The largest absolute Gasteiger partial charge is 0.341 e. The van der Waals surface area contributed by atoms with Crippen molar-refractivity contribution >= 4 is 5.91 Å². The van der Waals surface area contributed by atoms with Crippen LogP contribution in [-0.2, 0) is 4.79 Å². The molecule has 1 N–H and O–H groups in total. The van der Waals surface area contributed by atoms with Crippen LogP contribution in [0.2, 0.25) is 0 Å². The maximum atomic E-state index is 11.7. The monoisotopic (exact) mass is 182 g/mol. The van der Waals surface area contributed by atoms with Crippen LogP contribution in [0.25, 0.3) is 0 Å². The van der Waals surface area contributed by atoms with E-state index in [1.807, 2.05) is 11.9 Å². The molecule has 1 unspecified atom stereocenters. The summed E-state index contributed by atoms with van der Waals surface area (Å²) < 4.78 is 0. The van der Waals surface area contributed by atoms with Crippen molar-refractivity contribution in [3.8, 4) is 0 Å². The fourth-order valence-corrected chi connectivity index (χ4v) is 1.92. The first-order valence-electron chi connectivity index (χ1n) is 5.24. The lowest BCUT2D eigenvalue weighted by Gasteiger charge is -2.15.